The van der Waals surface area contributed by atoms with E-state index in [0.717, 1.165) is 22.6 Å². The van der Waals surface area contributed by atoms with Gasteiger partial charge in [0.2, 0.25) is 0 Å². The molecule has 0 aliphatic heterocycles. The number of benzene rings is 2. The van der Waals surface area contributed by atoms with Crippen molar-refractivity contribution in [3.8, 4) is 22.7 Å². The zero-order valence-electron chi connectivity index (χ0n) is 16.3. The number of ether oxygens (including phenoxy) is 1. The number of nitrogens with zero attached hydrogens (tertiary/aromatic N) is 4. The van der Waals surface area contributed by atoms with E-state index in [4.69, 9.17) is 4.74 Å². The van der Waals surface area contributed by atoms with Gasteiger partial charge in [-0.3, -0.25) is 9.78 Å². The molecule has 0 spiro atoms. The van der Waals surface area contributed by atoms with Crippen LogP contribution in [0.25, 0.3) is 16.9 Å². The molecule has 0 bridgehead atoms. The van der Waals surface area contributed by atoms with Gasteiger partial charge in [0.1, 0.15) is 11.4 Å². The van der Waals surface area contributed by atoms with Crippen LogP contribution in [0, 0.1) is 0 Å². The first kappa shape index (κ1) is 19.1. The predicted octanol–water partition coefficient (Wildman–Crippen LogP) is 3.71. The Morgan fingerprint density at radius 1 is 1.03 bits per heavy atom. The molecule has 2 heterocycles. The van der Waals surface area contributed by atoms with Gasteiger partial charge >= 0.3 is 0 Å². The highest BCUT2D eigenvalue weighted by molar-refractivity contribution is 5.95. The van der Waals surface area contributed by atoms with E-state index in [0.29, 0.717) is 11.4 Å². The van der Waals surface area contributed by atoms with Crippen molar-refractivity contribution in [3.63, 3.8) is 0 Å². The minimum absolute atomic E-state index is 0.364. The van der Waals surface area contributed by atoms with Crippen molar-refractivity contribution >= 4 is 12.1 Å². The van der Waals surface area contributed by atoms with E-state index in [-0.39, 0.29) is 5.91 Å². The van der Waals surface area contributed by atoms with Gasteiger partial charge < -0.3 is 4.74 Å². The van der Waals surface area contributed by atoms with Crippen LogP contribution in [0.5, 0.6) is 5.75 Å². The second-order valence-corrected chi connectivity index (χ2v) is 6.37. The number of hydrazone groups is 1. The van der Waals surface area contributed by atoms with E-state index in [1.807, 2.05) is 54.6 Å². The van der Waals surface area contributed by atoms with Gasteiger partial charge in [-0.25, -0.2) is 10.1 Å². The number of nitrogens with one attached hydrogen (secondary N) is 1. The minimum Gasteiger partial charge on any atom is -0.497 e. The van der Waals surface area contributed by atoms with Crippen LogP contribution in [-0.4, -0.2) is 34.0 Å². The van der Waals surface area contributed by atoms with Crippen LogP contribution in [0.2, 0.25) is 0 Å². The van der Waals surface area contributed by atoms with Gasteiger partial charge in [0, 0.05) is 18.0 Å². The summed E-state index contributed by atoms with van der Waals surface area (Å²) in [5, 5.41) is 8.70. The topological polar surface area (TPSA) is 81.4 Å². The van der Waals surface area contributed by atoms with E-state index in [1.54, 1.807) is 48.6 Å². The molecule has 0 saturated heterocycles. The van der Waals surface area contributed by atoms with Crippen LogP contribution >= 0.6 is 0 Å². The maximum Gasteiger partial charge on any atom is 0.290 e. The first-order chi connectivity index (χ1) is 14.7. The molecule has 4 aromatic rings. The molecular weight excluding hydrogens is 378 g/mol. The molecule has 0 radical (unpaired) electrons. The smallest absolute Gasteiger partial charge is 0.290 e. The predicted molar refractivity (Wildman–Crippen MR) is 115 cm³/mol. The van der Waals surface area contributed by atoms with Crippen molar-refractivity contribution < 1.29 is 9.53 Å². The van der Waals surface area contributed by atoms with E-state index in [2.05, 4.69) is 20.6 Å². The first-order valence-electron chi connectivity index (χ1n) is 9.28. The lowest BCUT2D eigenvalue weighted by Gasteiger charge is -2.06. The Morgan fingerprint density at radius 2 is 1.77 bits per heavy atom. The zero-order chi connectivity index (χ0) is 20.8. The second-order valence-electron chi connectivity index (χ2n) is 6.37. The summed E-state index contributed by atoms with van der Waals surface area (Å²) >= 11 is 0. The van der Waals surface area contributed by atoms with Gasteiger partial charge in [-0.05, 0) is 60.2 Å². The highest BCUT2D eigenvalue weighted by Gasteiger charge is 2.17. The normalized spacial score (nSPS) is 10.8. The lowest BCUT2D eigenvalue weighted by Crippen LogP contribution is -2.21. The van der Waals surface area contributed by atoms with E-state index < -0.39 is 0 Å². The lowest BCUT2D eigenvalue weighted by atomic mass is 10.1. The standard InChI is InChI=1S/C23H19N5O2/c1-30-20-9-7-18(8-10-20)21-15-22(28(27-21)19-5-3-2-4-6-19)23(29)26-25-16-17-11-13-24-14-12-17/h2-16H,1H3,(H,26,29)/b25-16+. The number of aromatic nitrogens is 3. The molecule has 0 saturated carbocycles. The SMILES string of the molecule is COc1ccc(-c2cc(C(=O)N/N=C/c3ccncc3)n(-c3ccccc3)n2)cc1. The number of carbonyl (C=O) groups excluding carboxylic acids is 1. The average Bonchev–Trinajstić information content (AvgIpc) is 3.26. The summed E-state index contributed by atoms with van der Waals surface area (Å²) in [6.07, 6.45) is 4.89. The minimum atomic E-state index is -0.364. The molecule has 148 valence electrons. The molecule has 30 heavy (non-hydrogen) atoms. The molecule has 0 fully saturated rings. The molecule has 0 unspecified atom stereocenters. The van der Waals surface area contributed by atoms with Crippen molar-refractivity contribution in [1.82, 2.24) is 20.2 Å². The number of methoxy groups -OCH3 is 1. The molecular formula is C23H19N5O2. The summed E-state index contributed by atoms with van der Waals surface area (Å²) in [6, 6.07) is 22.3. The zero-order valence-corrected chi connectivity index (χ0v) is 16.3. The fraction of sp³-hybridized carbons (Fsp3) is 0.0435. The van der Waals surface area contributed by atoms with Gasteiger partial charge in [-0.2, -0.15) is 10.2 Å². The van der Waals surface area contributed by atoms with Gasteiger partial charge in [0.15, 0.2) is 0 Å². The van der Waals surface area contributed by atoms with Crippen LogP contribution in [0.4, 0.5) is 0 Å². The third kappa shape index (κ3) is 4.25. The number of hydrogen-bond acceptors (Lipinski definition) is 5. The fourth-order valence-corrected chi connectivity index (χ4v) is 2.88. The van der Waals surface area contributed by atoms with Crippen molar-refractivity contribution in [1.29, 1.82) is 0 Å². The maximum atomic E-state index is 12.9. The molecule has 4 rings (SSSR count). The van der Waals surface area contributed by atoms with E-state index >= 15 is 0 Å². The number of para-hydroxylation sites is 1. The molecule has 0 aliphatic carbocycles. The molecule has 0 atom stereocenters. The molecule has 1 amide bonds. The third-order valence-corrected chi connectivity index (χ3v) is 4.41. The number of amides is 1. The summed E-state index contributed by atoms with van der Waals surface area (Å²) < 4.78 is 6.82. The first-order valence-corrected chi connectivity index (χ1v) is 9.28. The Morgan fingerprint density at radius 3 is 2.47 bits per heavy atom. The lowest BCUT2D eigenvalue weighted by molar-refractivity contribution is 0.0947. The van der Waals surface area contributed by atoms with Crippen LogP contribution < -0.4 is 10.2 Å². The van der Waals surface area contributed by atoms with Crippen molar-refractivity contribution in [3.05, 3.63) is 96.4 Å². The van der Waals surface area contributed by atoms with E-state index in [9.17, 15) is 4.79 Å². The largest absolute Gasteiger partial charge is 0.497 e. The summed E-state index contributed by atoms with van der Waals surface area (Å²) in [5.74, 6) is 0.390. The van der Waals surface area contributed by atoms with Gasteiger partial charge in [0.05, 0.1) is 24.7 Å². The summed E-state index contributed by atoms with van der Waals surface area (Å²) in [7, 11) is 1.62. The monoisotopic (exact) mass is 397 g/mol. The summed E-state index contributed by atoms with van der Waals surface area (Å²) in [4.78, 5) is 16.8. The van der Waals surface area contributed by atoms with Crippen LogP contribution in [-0.2, 0) is 0 Å². The van der Waals surface area contributed by atoms with Crippen LogP contribution in [0.15, 0.2) is 90.3 Å². The molecule has 7 heteroatoms. The summed E-state index contributed by atoms with van der Waals surface area (Å²) in [5.41, 5.74) is 6.10. The maximum absolute atomic E-state index is 12.9. The molecule has 0 aliphatic rings. The number of pyridine rings is 1. The Balaban J connectivity index is 1.65. The second kappa shape index (κ2) is 8.83. The number of hydrogen-bond donors (Lipinski definition) is 1. The summed E-state index contributed by atoms with van der Waals surface area (Å²) in [6.45, 7) is 0. The Labute approximate surface area is 173 Å². The van der Waals surface area contributed by atoms with Crippen molar-refractivity contribution in [2.24, 2.45) is 5.10 Å². The number of carbonyl (C=O) groups is 1. The van der Waals surface area contributed by atoms with Crippen molar-refractivity contribution in [2.75, 3.05) is 7.11 Å². The fourth-order valence-electron chi connectivity index (χ4n) is 2.88. The highest BCUT2D eigenvalue weighted by atomic mass is 16.5. The average molecular weight is 397 g/mol. The molecule has 2 aromatic carbocycles. The van der Waals surface area contributed by atoms with Crippen LogP contribution in [0.1, 0.15) is 16.1 Å². The van der Waals surface area contributed by atoms with Crippen molar-refractivity contribution in [2.45, 2.75) is 0 Å². The quantitative estimate of drug-likeness (QED) is 0.397. The highest BCUT2D eigenvalue weighted by Crippen LogP contribution is 2.24. The molecule has 7 nitrogen and oxygen atoms in total. The van der Waals surface area contributed by atoms with Gasteiger partial charge in [0.25, 0.3) is 5.91 Å². The Hall–Kier alpha value is -4.26. The number of rotatable bonds is 6. The Kier molecular flexibility index (Phi) is 5.61. The van der Waals surface area contributed by atoms with Crippen LogP contribution in [0.3, 0.4) is 0 Å². The molecule has 2 aromatic heterocycles. The van der Waals surface area contributed by atoms with Gasteiger partial charge in [-0.1, -0.05) is 18.2 Å². The third-order valence-electron chi connectivity index (χ3n) is 4.41. The Bertz CT molecular complexity index is 1150. The van der Waals surface area contributed by atoms with Gasteiger partial charge in [-0.15, -0.1) is 0 Å². The van der Waals surface area contributed by atoms with E-state index in [1.165, 1.54) is 0 Å². The molecule has 1 N–H and O–H groups in total.